The summed E-state index contributed by atoms with van der Waals surface area (Å²) in [4.78, 5) is 0. The van der Waals surface area contributed by atoms with Gasteiger partial charge < -0.3 is 0 Å². The second kappa shape index (κ2) is 1.50. The summed E-state index contributed by atoms with van der Waals surface area (Å²) >= 11 is 0. The van der Waals surface area contributed by atoms with Crippen molar-refractivity contribution in [3.05, 3.63) is 0 Å². The smallest absolute Gasteiger partial charge is 0.0699 e. The molecule has 0 aromatic heterocycles. The summed E-state index contributed by atoms with van der Waals surface area (Å²) in [7, 11) is 6.51. The Balaban J connectivity index is 1.71. The zero-order valence-corrected chi connectivity index (χ0v) is 9.37. The Morgan fingerprint density at radius 1 is 1.00 bits per heavy atom. The van der Waals surface area contributed by atoms with Crippen molar-refractivity contribution in [2.45, 2.75) is 38.4 Å². The Hall–Kier alpha value is 0.0649. The molecule has 15 heavy (non-hydrogen) atoms. The van der Waals surface area contributed by atoms with E-state index in [2.05, 4.69) is 6.92 Å². The largest absolute Gasteiger partial charge is 0.0708 e. The first kappa shape index (κ1) is 7.40. The van der Waals surface area contributed by atoms with E-state index >= 15 is 0 Å². The third-order valence-corrected chi connectivity index (χ3v) is 8.66. The summed E-state index contributed by atoms with van der Waals surface area (Å²) in [6.07, 6.45) is 6.14. The molecule has 2 radical (unpaired) electrons. The molecular formula is C14H17B. The summed E-state index contributed by atoms with van der Waals surface area (Å²) in [6.45, 7) is 2.61. The van der Waals surface area contributed by atoms with Crippen LogP contribution in [-0.4, -0.2) is 7.85 Å². The molecule has 0 aromatic carbocycles. The van der Waals surface area contributed by atoms with Crippen molar-refractivity contribution in [3.8, 4) is 0 Å². The molecule has 6 aliphatic rings. The summed E-state index contributed by atoms with van der Waals surface area (Å²) in [5, 5.41) is 0. The van der Waals surface area contributed by atoms with Gasteiger partial charge in [0.05, 0.1) is 7.85 Å². The molecule has 0 saturated heterocycles. The van der Waals surface area contributed by atoms with Gasteiger partial charge in [0.2, 0.25) is 0 Å². The number of hydrogen-bond acceptors (Lipinski definition) is 0. The molecule has 8 unspecified atom stereocenters. The quantitative estimate of drug-likeness (QED) is 0.522. The molecule has 76 valence electrons. The Kier molecular flexibility index (Phi) is 0.738. The molecule has 6 fully saturated rings. The van der Waals surface area contributed by atoms with Gasteiger partial charge in [-0.25, -0.2) is 0 Å². The highest BCUT2D eigenvalue weighted by Gasteiger charge is 3.01. The van der Waals surface area contributed by atoms with Gasteiger partial charge in [0.1, 0.15) is 0 Å². The lowest BCUT2D eigenvalue weighted by Crippen LogP contribution is -2.75. The fourth-order valence-electron chi connectivity index (χ4n) is 8.78. The third kappa shape index (κ3) is 0.345. The zero-order valence-electron chi connectivity index (χ0n) is 9.37. The zero-order chi connectivity index (χ0) is 9.79. The molecule has 1 heteroatoms. The van der Waals surface area contributed by atoms with Crippen LogP contribution >= 0.6 is 0 Å². The highest BCUT2D eigenvalue weighted by atomic mass is 15.0. The van der Waals surface area contributed by atoms with Crippen LogP contribution in [0.2, 0.25) is 5.82 Å². The van der Waals surface area contributed by atoms with Crippen LogP contribution in [0.3, 0.4) is 0 Å². The normalized spacial score (nSPS) is 88.3. The molecule has 0 nitrogen and oxygen atoms in total. The maximum absolute atomic E-state index is 6.51. The molecule has 0 aliphatic heterocycles. The van der Waals surface area contributed by atoms with Crippen LogP contribution in [0.25, 0.3) is 0 Å². The van der Waals surface area contributed by atoms with E-state index in [1.54, 1.807) is 19.3 Å². The van der Waals surface area contributed by atoms with Gasteiger partial charge in [-0.3, -0.25) is 0 Å². The molecule has 6 aliphatic carbocycles. The van der Waals surface area contributed by atoms with Gasteiger partial charge in [-0.2, -0.15) is 0 Å². The van der Waals surface area contributed by atoms with Gasteiger partial charge in [0, 0.05) is 0 Å². The highest BCUT2D eigenvalue weighted by molar-refractivity contribution is 6.13. The van der Waals surface area contributed by atoms with E-state index in [0.717, 1.165) is 35.0 Å². The predicted octanol–water partition coefficient (Wildman–Crippen LogP) is 2.65. The molecule has 2 bridgehead atoms. The molecular weight excluding hydrogens is 179 g/mol. The first-order valence-corrected chi connectivity index (χ1v) is 6.94. The fourth-order valence-corrected chi connectivity index (χ4v) is 8.78. The second-order valence-corrected chi connectivity index (χ2v) is 7.86. The molecule has 6 rings (SSSR count). The van der Waals surface area contributed by atoms with Crippen LogP contribution in [-0.2, 0) is 0 Å². The van der Waals surface area contributed by atoms with Crippen molar-refractivity contribution < 1.29 is 0 Å². The average molecular weight is 196 g/mol. The first-order chi connectivity index (χ1) is 7.19. The van der Waals surface area contributed by atoms with Crippen molar-refractivity contribution in [3.63, 3.8) is 0 Å². The van der Waals surface area contributed by atoms with E-state index in [0.29, 0.717) is 16.6 Å². The van der Waals surface area contributed by atoms with Crippen molar-refractivity contribution in [1.82, 2.24) is 0 Å². The second-order valence-electron chi connectivity index (χ2n) is 7.86. The molecule has 9 atom stereocenters. The highest BCUT2D eigenvalue weighted by Crippen LogP contribution is 3.06. The maximum atomic E-state index is 6.51. The van der Waals surface area contributed by atoms with Crippen LogP contribution in [0, 0.1) is 45.8 Å². The van der Waals surface area contributed by atoms with Crippen LogP contribution in [0.4, 0.5) is 0 Å². The molecule has 0 aromatic rings. The van der Waals surface area contributed by atoms with E-state index in [1.807, 2.05) is 0 Å². The molecule has 2 spiro atoms. The van der Waals surface area contributed by atoms with Crippen LogP contribution in [0.5, 0.6) is 0 Å². The SMILES string of the molecule is [B][C@@H]1CC2(C)C3CC4C5CC6C(C3)C12C456. The molecule has 6 saturated carbocycles. The molecule has 0 N–H and O–H groups in total. The lowest BCUT2D eigenvalue weighted by atomic mass is 9.21. The average Bonchev–Trinajstić information content (AvgIpc) is 2.71. The van der Waals surface area contributed by atoms with Gasteiger partial charge in [-0.1, -0.05) is 19.2 Å². The standard InChI is InChI=1S/C14H17B/c1-12-5-11(15)14(12)10-3-6(12)2-7-8-4-9(10)13(7,8)14/h6-11H,2-5H2,1H3/t6?,7?,8?,9?,10?,11-,12?,13?,14?/m1/s1. The summed E-state index contributed by atoms with van der Waals surface area (Å²) < 4.78 is 0. The Morgan fingerprint density at radius 3 is 2.47 bits per heavy atom. The lowest BCUT2D eigenvalue weighted by Gasteiger charge is -2.80. The Labute approximate surface area is 92.6 Å². The minimum atomic E-state index is 0.599. The van der Waals surface area contributed by atoms with E-state index < -0.39 is 0 Å². The van der Waals surface area contributed by atoms with Gasteiger partial charge in [-0.05, 0) is 65.1 Å². The van der Waals surface area contributed by atoms with Gasteiger partial charge in [-0.15, -0.1) is 0 Å². The number of hydrogen-bond donors (Lipinski definition) is 0. The lowest BCUT2D eigenvalue weighted by molar-refractivity contribution is -0.299. The van der Waals surface area contributed by atoms with Gasteiger partial charge in [0.25, 0.3) is 0 Å². The van der Waals surface area contributed by atoms with Crippen molar-refractivity contribution in [1.29, 1.82) is 0 Å². The fraction of sp³-hybridized carbons (Fsp3) is 1.00. The summed E-state index contributed by atoms with van der Waals surface area (Å²) in [5.41, 5.74) is 2.26. The van der Waals surface area contributed by atoms with E-state index in [9.17, 15) is 0 Å². The van der Waals surface area contributed by atoms with Crippen LogP contribution in [0.1, 0.15) is 32.6 Å². The Morgan fingerprint density at radius 2 is 1.67 bits per heavy atom. The first-order valence-electron chi connectivity index (χ1n) is 6.94. The van der Waals surface area contributed by atoms with Crippen molar-refractivity contribution >= 4 is 7.85 Å². The third-order valence-electron chi connectivity index (χ3n) is 8.66. The number of fused-ring (bicyclic) bond motifs is 2. The van der Waals surface area contributed by atoms with Crippen molar-refractivity contribution in [2.24, 2.45) is 45.8 Å². The van der Waals surface area contributed by atoms with Crippen LogP contribution < -0.4 is 0 Å². The Bertz CT molecular complexity index is 427. The molecule has 0 amide bonds. The minimum absolute atomic E-state index is 0.599. The van der Waals surface area contributed by atoms with E-state index in [4.69, 9.17) is 7.85 Å². The summed E-state index contributed by atoms with van der Waals surface area (Å²) in [5.74, 6) is 6.24. The molecule has 0 heterocycles. The van der Waals surface area contributed by atoms with E-state index in [-0.39, 0.29) is 0 Å². The summed E-state index contributed by atoms with van der Waals surface area (Å²) in [6, 6.07) is 0. The topological polar surface area (TPSA) is 0 Å². The predicted molar refractivity (Wildman–Crippen MR) is 58.4 cm³/mol. The minimum Gasteiger partial charge on any atom is -0.0699 e. The van der Waals surface area contributed by atoms with Crippen molar-refractivity contribution in [2.75, 3.05) is 0 Å². The van der Waals surface area contributed by atoms with E-state index in [1.165, 1.54) is 6.42 Å². The number of rotatable bonds is 0. The maximum Gasteiger partial charge on any atom is 0.0708 e. The monoisotopic (exact) mass is 196 g/mol. The van der Waals surface area contributed by atoms with Gasteiger partial charge >= 0.3 is 0 Å². The van der Waals surface area contributed by atoms with Crippen LogP contribution in [0.15, 0.2) is 0 Å². The van der Waals surface area contributed by atoms with Gasteiger partial charge in [0.15, 0.2) is 0 Å².